The van der Waals surface area contributed by atoms with Crippen LogP contribution >= 0.6 is 0 Å². The standard InChI is InChI=1S/C20H23N3O3/c24-19(12-13-10-16-7-8-17(11-13)21-16)22-14-3-5-15(6-4-14)23-20(25)18-2-1-9-26-18/h1-6,9,13,16-17,21H,7-8,10-12H2,(H,22,24)(H,23,25). The summed E-state index contributed by atoms with van der Waals surface area (Å²) in [4.78, 5) is 24.3. The van der Waals surface area contributed by atoms with Gasteiger partial charge in [0.05, 0.1) is 6.26 Å². The van der Waals surface area contributed by atoms with Crippen LogP contribution in [0.3, 0.4) is 0 Å². The molecule has 1 aromatic heterocycles. The van der Waals surface area contributed by atoms with Gasteiger partial charge in [0.25, 0.3) is 5.91 Å². The summed E-state index contributed by atoms with van der Waals surface area (Å²) in [5.41, 5.74) is 1.39. The Bertz CT molecular complexity index is 758. The Morgan fingerprint density at radius 3 is 2.27 bits per heavy atom. The molecule has 2 aliphatic heterocycles. The summed E-state index contributed by atoms with van der Waals surface area (Å²) in [5.74, 6) is 0.495. The minimum Gasteiger partial charge on any atom is -0.459 e. The first-order valence-electron chi connectivity index (χ1n) is 9.16. The van der Waals surface area contributed by atoms with Crippen molar-refractivity contribution in [2.75, 3.05) is 10.6 Å². The number of fused-ring (bicyclic) bond motifs is 2. The zero-order chi connectivity index (χ0) is 17.9. The van der Waals surface area contributed by atoms with Gasteiger partial charge >= 0.3 is 0 Å². The fraction of sp³-hybridized carbons (Fsp3) is 0.400. The van der Waals surface area contributed by atoms with Crippen LogP contribution in [0.2, 0.25) is 0 Å². The molecule has 2 atom stereocenters. The summed E-state index contributed by atoms with van der Waals surface area (Å²) in [5, 5.41) is 9.31. The number of anilines is 2. The number of carbonyl (C=O) groups excluding carboxylic acids is 2. The second-order valence-electron chi connectivity index (χ2n) is 7.24. The van der Waals surface area contributed by atoms with Crippen molar-refractivity contribution in [3.8, 4) is 0 Å². The molecule has 2 aromatic rings. The number of piperidine rings is 1. The van der Waals surface area contributed by atoms with E-state index in [0.29, 0.717) is 30.1 Å². The Hall–Kier alpha value is -2.60. The molecule has 2 bridgehead atoms. The molecule has 26 heavy (non-hydrogen) atoms. The third kappa shape index (κ3) is 3.96. The van der Waals surface area contributed by atoms with Crippen molar-refractivity contribution in [2.24, 2.45) is 5.92 Å². The maximum Gasteiger partial charge on any atom is 0.291 e. The maximum atomic E-state index is 12.3. The van der Waals surface area contributed by atoms with Gasteiger partial charge in [-0.2, -0.15) is 0 Å². The van der Waals surface area contributed by atoms with E-state index in [0.717, 1.165) is 18.5 Å². The van der Waals surface area contributed by atoms with Gasteiger partial charge in [-0.3, -0.25) is 9.59 Å². The highest BCUT2D eigenvalue weighted by Crippen LogP contribution is 2.32. The van der Waals surface area contributed by atoms with Crippen molar-refractivity contribution >= 4 is 23.2 Å². The molecule has 2 unspecified atom stereocenters. The Morgan fingerprint density at radius 1 is 1.00 bits per heavy atom. The van der Waals surface area contributed by atoms with Gasteiger partial charge < -0.3 is 20.4 Å². The second-order valence-corrected chi connectivity index (χ2v) is 7.24. The van der Waals surface area contributed by atoms with Crippen LogP contribution in [-0.4, -0.2) is 23.9 Å². The highest BCUT2D eigenvalue weighted by Gasteiger charge is 2.34. The number of amides is 2. The van der Waals surface area contributed by atoms with Crippen LogP contribution < -0.4 is 16.0 Å². The number of hydrogen-bond donors (Lipinski definition) is 3. The van der Waals surface area contributed by atoms with E-state index in [1.54, 1.807) is 36.4 Å². The number of hydrogen-bond acceptors (Lipinski definition) is 4. The van der Waals surface area contributed by atoms with Crippen LogP contribution in [0.15, 0.2) is 47.1 Å². The highest BCUT2D eigenvalue weighted by atomic mass is 16.3. The molecule has 3 heterocycles. The lowest BCUT2D eigenvalue weighted by Gasteiger charge is -2.28. The molecule has 1 aromatic carbocycles. The van der Waals surface area contributed by atoms with Gasteiger partial charge in [0.15, 0.2) is 5.76 Å². The molecule has 3 N–H and O–H groups in total. The smallest absolute Gasteiger partial charge is 0.291 e. The Balaban J connectivity index is 1.28. The van der Waals surface area contributed by atoms with Crippen molar-refractivity contribution in [1.29, 1.82) is 0 Å². The van der Waals surface area contributed by atoms with E-state index >= 15 is 0 Å². The molecular formula is C20H23N3O3. The lowest BCUT2D eigenvalue weighted by molar-refractivity contribution is -0.117. The largest absolute Gasteiger partial charge is 0.459 e. The van der Waals surface area contributed by atoms with Crippen LogP contribution in [0, 0.1) is 5.92 Å². The minimum absolute atomic E-state index is 0.0590. The van der Waals surface area contributed by atoms with Crippen molar-refractivity contribution in [2.45, 2.75) is 44.2 Å². The number of nitrogens with one attached hydrogen (secondary N) is 3. The summed E-state index contributed by atoms with van der Waals surface area (Å²) >= 11 is 0. The molecule has 0 radical (unpaired) electrons. The van der Waals surface area contributed by atoms with Gasteiger partial charge in [-0.15, -0.1) is 0 Å². The molecule has 6 nitrogen and oxygen atoms in total. The van der Waals surface area contributed by atoms with Gasteiger partial charge in [0.2, 0.25) is 5.91 Å². The predicted molar refractivity (Wildman–Crippen MR) is 99.0 cm³/mol. The zero-order valence-electron chi connectivity index (χ0n) is 14.5. The first-order valence-corrected chi connectivity index (χ1v) is 9.16. The first kappa shape index (κ1) is 16.8. The molecule has 2 saturated heterocycles. The number of benzene rings is 1. The van der Waals surface area contributed by atoms with Gasteiger partial charge in [0, 0.05) is 29.9 Å². The lowest BCUT2D eigenvalue weighted by Crippen LogP contribution is -2.39. The van der Waals surface area contributed by atoms with Gasteiger partial charge in [-0.1, -0.05) is 0 Å². The normalized spacial score (nSPS) is 24.2. The summed E-state index contributed by atoms with van der Waals surface area (Å²) in [7, 11) is 0. The number of rotatable bonds is 5. The van der Waals surface area contributed by atoms with Crippen molar-refractivity contribution in [3.63, 3.8) is 0 Å². The molecule has 2 fully saturated rings. The van der Waals surface area contributed by atoms with Gasteiger partial charge in [0.1, 0.15) is 0 Å². The molecule has 2 amide bonds. The molecule has 0 spiro atoms. The van der Waals surface area contributed by atoms with E-state index in [2.05, 4.69) is 16.0 Å². The van der Waals surface area contributed by atoms with E-state index in [4.69, 9.17) is 4.42 Å². The van der Waals surface area contributed by atoms with Crippen LogP contribution in [0.4, 0.5) is 11.4 Å². The number of carbonyl (C=O) groups is 2. The number of furan rings is 1. The maximum absolute atomic E-state index is 12.3. The highest BCUT2D eigenvalue weighted by molar-refractivity contribution is 6.02. The molecule has 136 valence electrons. The van der Waals surface area contributed by atoms with Crippen LogP contribution in [-0.2, 0) is 4.79 Å². The van der Waals surface area contributed by atoms with E-state index in [-0.39, 0.29) is 17.6 Å². The third-order valence-corrected chi connectivity index (χ3v) is 5.22. The third-order valence-electron chi connectivity index (χ3n) is 5.22. The van der Waals surface area contributed by atoms with Crippen molar-refractivity contribution < 1.29 is 14.0 Å². The Labute approximate surface area is 152 Å². The summed E-state index contributed by atoms with van der Waals surface area (Å²) in [6.07, 6.45) is 6.72. The molecule has 2 aliphatic rings. The van der Waals surface area contributed by atoms with E-state index in [1.165, 1.54) is 19.1 Å². The fourth-order valence-corrected chi connectivity index (χ4v) is 4.05. The van der Waals surface area contributed by atoms with E-state index in [9.17, 15) is 9.59 Å². The quantitative estimate of drug-likeness (QED) is 0.769. The second kappa shape index (κ2) is 7.33. The average molecular weight is 353 g/mol. The fourth-order valence-electron chi connectivity index (χ4n) is 4.05. The molecular weight excluding hydrogens is 330 g/mol. The molecule has 0 aliphatic carbocycles. The molecule has 4 rings (SSSR count). The van der Waals surface area contributed by atoms with E-state index in [1.807, 2.05) is 0 Å². The zero-order valence-corrected chi connectivity index (χ0v) is 14.5. The van der Waals surface area contributed by atoms with Gasteiger partial charge in [-0.05, 0) is 68.0 Å². The molecule has 0 saturated carbocycles. The van der Waals surface area contributed by atoms with Crippen molar-refractivity contribution in [3.05, 3.63) is 48.4 Å². The van der Waals surface area contributed by atoms with Crippen LogP contribution in [0.5, 0.6) is 0 Å². The lowest BCUT2D eigenvalue weighted by atomic mass is 9.89. The summed E-state index contributed by atoms with van der Waals surface area (Å²) in [6, 6.07) is 11.6. The Kier molecular flexibility index (Phi) is 4.75. The monoisotopic (exact) mass is 353 g/mol. The summed E-state index contributed by atoms with van der Waals surface area (Å²) < 4.78 is 5.06. The van der Waals surface area contributed by atoms with E-state index < -0.39 is 0 Å². The minimum atomic E-state index is -0.299. The van der Waals surface area contributed by atoms with Gasteiger partial charge in [-0.25, -0.2) is 0 Å². The topological polar surface area (TPSA) is 83.4 Å². The van der Waals surface area contributed by atoms with Crippen molar-refractivity contribution in [1.82, 2.24) is 5.32 Å². The average Bonchev–Trinajstić information content (AvgIpc) is 3.26. The first-order chi connectivity index (χ1) is 12.7. The Morgan fingerprint density at radius 2 is 1.65 bits per heavy atom. The van der Waals surface area contributed by atoms with Crippen LogP contribution in [0.25, 0.3) is 0 Å². The summed E-state index contributed by atoms with van der Waals surface area (Å²) in [6.45, 7) is 0. The van der Waals surface area contributed by atoms with Crippen LogP contribution in [0.1, 0.15) is 42.7 Å². The molecule has 6 heteroatoms. The SMILES string of the molecule is O=C(CC1CC2CCC(C1)N2)Nc1ccc(NC(=O)c2ccco2)cc1. The predicted octanol–water partition coefficient (Wildman–Crippen LogP) is 3.39.